The predicted octanol–water partition coefficient (Wildman–Crippen LogP) is 13.2. The number of pyridine rings is 1. The maximum atomic E-state index is 5.27. The van der Waals surface area contributed by atoms with Crippen LogP contribution in [0.4, 0.5) is 0 Å². The van der Waals surface area contributed by atoms with Crippen LogP contribution in [0.2, 0.25) is 0 Å². The Balaban J connectivity index is 1.01. The van der Waals surface area contributed by atoms with Crippen LogP contribution in [0, 0.1) is 0 Å². The van der Waals surface area contributed by atoms with Gasteiger partial charge in [0.25, 0.3) is 0 Å². The average molecular weight is 707 g/mol. The summed E-state index contributed by atoms with van der Waals surface area (Å²) >= 11 is 1.76. The van der Waals surface area contributed by atoms with Gasteiger partial charge in [0.2, 0.25) is 0 Å². The van der Waals surface area contributed by atoms with Crippen molar-refractivity contribution in [1.82, 2.24) is 19.5 Å². The van der Waals surface area contributed by atoms with Crippen molar-refractivity contribution < 1.29 is 0 Å². The van der Waals surface area contributed by atoms with E-state index in [1.165, 1.54) is 42.7 Å². The molecule has 0 aliphatic heterocycles. The topological polar surface area (TPSA) is 43.6 Å². The normalized spacial score (nSPS) is 11.7. The van der Waals surface area contributed by atoms with E-state index in [1.807, 2.05) is 6.07 Å². The van der Waals surface area contributed by atoms with Crippen molar-refractivity contribution in [3.05, 3.63) is 182 Å². The third kappa shape index (κ3) is 4.94. The van der Waals surface area contributed by atoms with Gasteiger partial charge in [-0.25, -0.2) is 15.0 Å². The molecule has 5 heteroatoms. The van der Waals surface area contributed by atoms with Crippen LogP contribution >= 0.6 is 11.3 Å². The largest absolute Gasteiger partial charge is 0.309 e. The Labute approximate surface area is 315 Å². The highest BCUT2D eigenvalue weighted by atomic mass is 32.1. The highest BCUT2D eigenvalue weighted by Gasteiger charge is 2.17. The highest BCUT2D eigenvalue weighted by Crippen LogP contribution is 2.41. The summed E-state index contributed by atoms with van der Waals surface area (Å²) in [6.07, 6.45) is 0. The summed E-state index contributed by atoms with van der Waals surface area (Å²) in [6, 6.07) is 64.1. The number of nitrogens with zero attached hydrogens (tertiary/aromatic N) is 4. The van der Waals surface area contributed by atoms with E-state index in [1.54, 1.807) is 11.3 Å². The van der Waals surface area contributed by atoms with E-state index in [4.69, 9.17) is 15.0 Å². The van der Waals surface area contributed by atoms with Gasteiger partial charge in [0, 0.05) is 59.6 Å². The average Bonchev–Trinajstić information content (AvgIpc) is 3.80. The molecule has 0 bridgehead atoms. The van der Waals surface area contributed by atoms with Crippen molar-refractivity contribution in [2.75, 3.05) is 0 Å². The minimum atomic E-state index is 0.687. The molecule has 4 aromatic heterocycles. The summed E-state index contributed by atoms with van der Waals surface area (Å²) in [5, 5.41) is 7.38. The molecular formula is C49H30N4S. The molecule has 0 N–H and O–H groups in total. The molecule has 252 valence electrons. The molecule has 0 saturated heterocycles. The Morgan fingerprint density at radius 2 is 0.907 bits per heavy atom. The molecular weight excluding hydrogens is 677 g/mol. The molecule has 0 amide bonds. The van der Waals surface area contributed by atoms with Crippen molar-refractivity contribution in [2.45, 2.75) is 0 Å². The molecule has 0 aliphatic rings. The Morgan fingerprint density at radius 1 is 0.389 bits per heavy atom. The van der Waals surface area contributed by atoms with E-state index in [0.29, 0.717) is 5.82 Å². The van der Waals surface area contributed by atoms with Crippen LogP contribution in [0.5, 0.6) is 0 Å². The van der Waals surface area contributed by atoms with Crippen LogP contribution in [0.25, 0.3) is 104 Å². The van der Waals surface area contributed by atoms with E-state index in [2.05, 4.69) is 180 Å². The van der Waals surface area contributed by atoms with Crippen LogP contribution in [-0.2, 0) is 0 Å². The summed E-state index contributed by atoms with van der Waals surface area (Å²) < 4.78 is 3.59. The lowest BCUT2D eigenvalue weighted by Crippen LogP contribution is -1.97. The Hall–Kier alpha value is -6.95. The smallest absolute Gasteiger partial charge is 0.160 e. The second-order valence-corrected chi connectivity index (χ2v) is 14.6. The number of aromatic nitrogens is 4. The molecule has 0 radical (unpaired) electrons. The molecule has 7 aromatic carbocycles. The minimum Gasteiger partial charge on any atom is -0.309 e. The fourth-order valence-electron chi connectivity index (χ4n) is 7.90. The van der Waals surface area contributed by atoms with Crippen LogP contribution in [0.3, 0.4) is 0 Å². The zero-order valence-electron chi connectivity index (χ0n) is 29.0. The SMILES string of the molecule is c1ccc(-c2cc(-c3ccc(-c4nc5sc6ccccc6c5c5ccccc45)cc3)nc(-c3ccc(-n4c5ccccc5c5ccccc54)cc3)n2)cc1. The lowest BCUT2D eigenvalue weighted by molar-refractivity contribution is 1.16. The molecule has 0 fully saturated rings. The fourth-order valence-corrected chi connectivity index (χ4v) is 9.00. The van der Waals surface area contributed by atoms with Gasteiger partial charge in [-0.05, 0) is 53.9 Å². The van der Waals surface area contributed by atoms with E-state index in [-0.39, 0.29) is 0 Å². The van der Waals surface area contributed by atoms with E-state index < -0.39 is 0 Å². The molecule has 54 heavy (non-hydrogen) atoms. The van der Waals surface area contributed by atoms with E-state index >= 15 is 0 Å². The van der Waals surface area contributed by atoms with E-state index in [9.17, 15) is 0 Å². The van der Waals surface area contributed by atoms with Crippen LogP contribution < -0.4 is 0 Å². The lowest BCUT2D eigenvalue weighted by atomic mass is 9.99. The van der Waals surface area contributed by atoms with Crippen LogP contribution in [0.15, 0.2) is 182 Å². The first-order valence-corrected chi connectivity index (χ1v) is 18.9. The van der Waals surface area contributed by atoms with Crippen molar-refractivity contribution in [3.8, 4) is 50.8 Å². The summed E-state index contributed by atoms with van der Waals surface area (Å²) in [5.41, 5.74) is 10.3. The summed E-state index contributed by atoms with van der Waals surface area (Å²) in [6.45, 7) is 0. The van der Waals surface area contributed by atoms with Crippen molar-refractivity contribution in [1.29, 1.82) is 0 Å². The summed E-state index contributed by atoms with van der Waals surface area (Å²) in [4.78, 5) is 16.6. The van der Waals surface area contributed by atoms with Gasteiger partial charge in [-0.2, -0.15) is 0 Å². The van der Waals surface area contributed by atoms with Gasteiger partial charge < -0.3 is 4.57 Å². The number of benzene rings is 7. The molecule has 0 spiro atoms. The van der Waals surface area contributed by atoms with Gasteiger partial charge in [-0.15, -0.1) is 11.3 Å². The first-order chi connectivity index (χ1) is 26.8. The van der Waals surface area contributed by atoms with E-state index in [0.717, 1.165) is 55.2 Å². The third-order valence-corrected chi connectivity index (χ3v) is 11.5. The summed E-state index contributed by atoms with van der Waals surface area (Å²) in [5.74, 6) is 0.687. The van der Waals surface area contributed by atoms with Gasteiger partial charge in [0.15, 0.2) is 5.82 Å². The summed E-state index contributed by atoms with van der Waals surface area (Å²) in [7, 11) is 0. The minimum absolute atomic E-state index is 0.687. The number of hydrogen-bond donors (Lipinski definition) is 0. The third-order valence-electron chi connectivity index (χ3n) is 10.5. The first kappa shape index (κ1) is 30.7. The number of fused-ring (bicyclic) bond motifs is 8. The van der Waals surface area contributed by atoms with Gasteiger partial charge in [0.05, 0.1) is 28.1 Å². The lowest BCUT2D eigenvalue weighted by Gasteiger charge is -2.12. The highest BCUT2D eigenvalue weighted by molar-refractivity contribution is 7.25. The predicted molar refractivity (Wildman–Crippen MR) is 226 cm³/mol. The van der Waals surface area contributed by atoms with Gasteiger partial charge >= 0.3 is 0 Å². The molecule has 0 aliphatic carbocycles. The molecule has 4 nitrogen and oxygen atoms in total. The quantitative estimate of drug-likeness (QED) is 0.179. The molecule has 4 heterocycles. The Bertz CT molecular complexity index is 3140. The zero-order chi connectivity index (χ0) is 35.6. The molecule has 0 unspecified atom stereocenters. The van der Waals surface area contributed by atoms with Gasteiger partial charge in [-0.3, -0.25) is 0 Å². The second-order valence-electron chi connectivity index (χ2n) is 13.6. The van der Waals surface area contributed by atoms with Crippen molar-refractivity contribution >= 4 is 64.2 Å². The Morgan fingerprint density at radius 3 is 1.59 bits per heavy atom. The molecule has 11 aromatic rings. The van der Waals surface area contributed by atoms with Gasteiger partial charge in [0.1, 0.15) is 4.83 Å². The number of rotatable bonds is 5. The maximum absolute atomic E-state index is 5.27. The van der Waals surface area contributed by atoms with Crippen LogP contribution in [0.1, 0.15) is 0 Å². The van der Waals surface area contributed by atoms with Crippen molar-refractivity contribution in [2.24, 2.45) is 0 Å². The first-order valence-electron chi connectivity index (χ1n) is 18.1. The maximum Gasteiger partial charge on any atom is 0.160 e. The van der Waals surface area contributed by atoms with Crippen molar-refractivity contribution in [3.63, 3.8) is 0 Å². The number of para-hydroxylation sites is 2. The monoisotopic (exact) mass is 706 g/mol. The van der Waals surface area contributed by atoms with Gasteiger partial charge in [-0.1, -0.05) is 133 Å². The number of hydrogen-bond acceptors (Lipinski definition) is 4. The van der Waals surface area contributed by atoms with Crippen LogP contribution in [-0.4, -0.2) is 19.5 Å². The molecule has 0 saturated carbocycles. The fraction of sp³-hybridized carbons (Fsp3) is 0. The zero-order valence-corrected chi connectivity index (χ0v) is 29.8. The number of thiophene rings is 1. The standard InChI is InChI=1S/C49H30N4S/c1-2-12-31(13-3-1)41-30-42(51-48(50-41)34-26-28-35(29-27-34)53-43-19-9-6-14-36(43)37-15-7-10-20-44(37)53)32-22-24-33(25-23-32)47-39-17-5-4-16-38(39)46-40-18-8-11-21-45(40)54-49(46)52-47/h1-30H. The molecule has 11 rings (SSSR count). The molecule has 0 atom stereocenters. The Kier molecular flexibility index (Phi) is 7.00. The second kappa shape index (κ2) is 12.3.